The van der Waals surface area contributed by atoms with Crippen LogP contribution in [0, 0.1) is 0 Å². The van der Waals surface area contributed by atoms with Crippen molar-refractivity contribution in [2.45, 2.75) is 13.5 Å². The minimum absolute atomic E-state index is 0.0534. The first kappa shape index (κ1) is 19.7. The smallest absolute Gasteiger partial charge is 0.266 e. The van der Waals surface area contributed by atoms with Crippen molar-refractivity contribution in [3.8, 4) is 11.5 Å². The molecule has 0 aliphatic carbocycles. The van der Waals surface area contributed by atoms with E-state index in [4.69, 9.17) is 33.3 Å². The highest BCUT2D eigenvalue weighted by molar-refractivity contribution is 8.26. The predicted molar refractivity (Wildman–Crippen MR) is 114 cm³/mol. The molecule has 0 spiro atoms. The largest absolute Gasteiger partial charge is 0.496 e. The number of carbonyl (C=O) groups is 1. The second kappa shape index (κ2) is 8.78. The zero-order valence-electron chi connectivity index (χ0n) is 14.9. The van der Waals surface area contributed by atoms with Crippen LogP contribution < -0.4 is 9.47 Å². The molecule has 1 aliphatic heterocycles. The molecule has 0 unspecified atom stereocenters. The molecule has 0 N–H and O–H groups in total. The van der Waals surface area contributed by atoms with Crippen molar-refractivity contribution in [2.75, 3.05) is 13.7 Å². The lowest BCUT2D eigenvalue weighted by atomic mass is 10.1. The lowest BCUT2D eigenvalue weighted by Gasteiger charge is -2.12. The normalized spacial score (nSPS) is 15.5. The number of likely N-dealkylation sites (N-methyl/N-ethyl adjacent to an activating group) is 1. The summed E-state index contributed by atoms with van der Waals surface area (Å²) in [6.07, 6.45) is 1.85. The SMILES string of the molecule is CCN1C(=O)/C(=C\c2ccc(OC)c(COc3ccc(Cl)cc3)c2)SC1=S. The highest BCUT2D eigenvalue weighted by Gasteiger charge is 2.30. The van der Waals surface area contributed by atoms with Gasteiger partial charge < -0.3 is 9.47 Å². The second-order valence-electron chi connectivity index (χ2n) is 5.74. The Morgan fingerprint density at radius 1 is 1.22 bits per heavy atom. The summed E-state index contributed by atoms with van der Waals surface area (Å²) >= 11 is 12.5. The van der Waals surface area contributed by atoms with Crippen molar-refractivity contribution < 1.29 is 14.3 Å². The van der Waals surface area contributed by atoms with Gasteiger partial charge in [0.05, 0.1) is 12.0 Å². The number of thiocarbonyl (C=S) groups is 1. The first-order valence-corrected chi connectivity index (χ1v) is 9.92. The van der Waals surface area contributed by atoms with E-state index in [0.717, 1.165) is 22.6 Å². The molecule has 2 aromatic carbocycles. The Kier molecular flexibility index (Phi) is 6.42. The average Bonchev–Trinajstić information content (AvgIpc) is 2.94. The first-order chi connectivity index (χ1) is 13.0. The van der Waals surface area contributed by atoms with Crippen LogP contribution in [0.2, 0.25) is 5.02 Å². The molecule has 27 heavy (non-hydrogen) atoms. The Hall–Kier alpha value is -2.02. The molecule has 0 atom stereocenters. The van der Waals surface area contributed by atoms with E-state index in [1.807, 2.05) is 43.3 Å². The van der Waals surface area contributed by atoms with Crippen molar-refractivity contribution in [3.63, 3.8) is 0 Å². The van der Waals surface area contributed by atoms with E-state index in [-0.39, 0.29) is 5.91 Å². The number of methoxy groups -OCH3 is 1. The van der Waals surface area contributed by atoms with E-state index in [2.05, 4.69) is 0 Å². The highest BCUT2D eigenvalue weighted by atomic mass is 35.5. The van der Waals surface area contributed by atoms with Gasteiger partial charge in [0, 0.05) is 17.1 Å². The van der Waals surface area contributed by atoms with Crippen molar-refractivity contribution >= 4 is 51.9 Å². The Bertz CT molecular complexity index is 897. The van der Waals surface area contributed by atoms with Crippen LogP contribution in [0.3, 0.4) is 0 Å². The first-order valence-electron chi connectivity index (χ1n) is 8.32. The monoisotopic (exact) mass is 419 g/mol. The van der Waals surface area contributed by atoms with Crippen LogP contribution in [-0.4, -0.2) is 28.8 Å². The van der Waals surface area contributed by atoms with E-state index in [1.165, 1.54) is 11.8 Å². The van der Waals surface area contributed by atoms with Gasteiger partial charge >= 0.3 is 0 Å². The molecule has 2 aromatic rings. The van der Waals surface area contributed by atoms with Gasteiger partial charge in [-0.25, -0.2) is 0 Å². The molecule has 1 fully saturated rings. The van der Waals surface area contributed by atoms with Gasteiger partial charge in [0.25, 0.3) is 5.91 Å². The highest BCUT2D eigenvalue weighted by Crippen LogP contribution is 2.33. The molecular formula is C20H18ClNO3S2. The van der Waals surface area contributed by atoms with E-state index >= 15 is 0 Å². The predicted octanol–water partition coefficient (Wildman–Crippen LogP) is 5.15. The number of thioether (sulfide) groups is 1. The van der Waals surface area contributed by atoms with Gasteiger partial charge in [0.15, 0.2) is 0 Å². The third-order valence-corrected chi connectivity index (χ3v) is 5.63. The summed E-state index contributed by atoms with van der Waals surface area (Å²) in [5.41, 5.74) is 1.77. The van der Waals surface area contributed by atoms with Gasteiger partial charge in [-0.3, -0.25) is 9.69 Å². The lowest BCUT2D eigenvalue weighted by molar-refractivity contribution is -0.121. The minimum atomic E-state index is -0.0534. The standard InChI is InChI=1S/C20H18ClNO3S2/c1-3-22-19(23)18(27-20(22)26)11-13-4-9-17(24-2)14(10-13)12-25-16-7-5-15(21)6-8-16/h4-11H,3,12H2,1-2H3/b18-11+. The van der Waals surface area contributed by atoms with Gasteiger partial charge in [-0.1, -0.05) is 41.6 Å². The number of ether oxygens (including phenoxy) is 2. The summed E-state index contributed by atoms with van der Waals surface area (Å²) in [6, 6.07) is 12.9. The van der Waals surface area contributed by atoms with Crippen molar-refractivity contribution in [3.05, 3.63) is 63.5 Å². The quantitative estimate of drug-likeness (QED) is 0.478. The molecular weight excluding hydrogens is 402 g/mol. The van der Waals surface area contributed by atoms with Crippen molar-refractivity contribution in [1.29, 1.82) is 0 Å². The number of amides is 1. The maximum Gasteiger partial charge on any atom is 0.266 e. The number of hydrogen-bond acceptors (Lipinski definition) is 5. The summed E-state index contributed by atoms with van der Waals surface area (Å²) in [4.78, 5) is 14.6. The fraction of sp³-hybridized carbons (Fsp3) is 0.200. The summed E-state index contributed by atoms with van der Waals surface area (Å²) in [6.45, 7) is 2.82. The van der Waals surface area contributed by atoms with E-state index in [9.17, 15) is 4.79 Å². The molecule has 0 aromatic heterocycles. The molecule has 7 heteroatoms. The molecule has 1 heterocycles. The fourth-order valence-electron chi connectivity index (χ4n) is 2.62. The fourth-order valence-corrected chi connectivity index (χ4v) is 4.13. The second-order valence-corrected chi connectivity index (χ2v) is 7.85. The summed E-state index contributed by atoms with van der Waals surface area (Å²) in [5, 5.41) is 0.659. The van der Waals surface area contributed by atoms with Gasteiger partial charge in [0.1, 0.15) is 22.4 Å². The molecule has 1 amide bonds. The van der Waals surface area contributed by atoms with Crippen LogP contribution in [-0.2, 0) is 11.4 Å². The molecule has 3 rings (SSSR count). The number of rotatable bonds is 6. The van der Waals surface area contributed by atoms with Crippen molar-refractivity contribution in [1.82, 2.24) is 4.90 Å². The van der Waals surface area contributed by atoms with Gasteiger partial charge in [0.2, 0.25) is 0 Å². The molecule has 140 valence electrons. The van der Waals surface area contributed by atoms with Crippen LogP contribution >= 0.6 is 35.6 Å². The topological polar surface area (TPSA) is 38.8 Å². The van der Waals surface area contributed by atoms with E-state index < -0.39 is 0 Å². The van der Waals surface area contributed by atoms with E-state index in [1.54, 1.807) is 24.1 Å². The maximum absolute atomic E-state index is 12.4. The number of nitrogens with zero attached hydrogens (tertiary/aromatic N) is 1. The summed E-state index contributed by atoms with van der Waals surface area (Å²) in [7, 11) is 1.62. The van der Waals surface area contributed by atoms with Crippen LogP contribution in [0.15, 0.2) is 47.4 Å². The summed E-state index contributed by atoms with van der Waals surface area (Å²) in [5.74, 6) is 1.39. The number of hydrogen-bond donors (Lipinski definition) is 0. The van der Waals surface area contributed by atoms with Gasteiger partial charge in [-0.15, -0.1) is 0 Å². The van der Waals surface area contributed by atoms with Crippen LogP contribution in [0.1, 0.15) is 18.1 Å². The summed E-state index contributed by atoms with van der Waals surface area (Å²) < 4.78 is 11.8. The molecule has 1 aliphatic rings. The zero-order valence-corrected chi connectivity index (χ0v) is 17.3. The zero-order chi connectivity index (χ0) is 19.4. The van der Waals surface area contributed by atoms with Crippen LogP contribution in [0.5, 0.6) is 11.5 Å². The molecule has 4 nitrogen and oxygen atoms in total. The Morgan fingerprint density at radius 2 is 1.96 bits per heavy atom. The lowest BCUT2D eigenvalue weighted by Crippen LogP contribution is -2.27. The minimum Gasteiger partial charge on any atom is -0.496 e. The van der Waals surface area contributed by atoms with Crippen LogP contribution in [0.4, 0.5) is 0 Å². The molecule has 0 bridgehead atoms. The van der Waals surface area contributed by atoms with Gasteiger partial charge in [-0.2, -0.15) is 0 Å². The third-order valence-electron chi connectivity index (χ3n) is 4.00. The molecule has 0 radical (unpaired) electrons. The Balaban J connectivity index is 1.81. The number of halogens is 1. The number of benzene rings is 2. The average molecular weight is 420 g/mol. The Morgan fingerprint density at radius 3 is 2.59 bits per heavy atom. The molecule has 0 saturated carbocycles. The maximum atomic E-state index is 12.4. The van der Waals surface area contributed by atoms with E-state index in [0.29, 0.717) is 27.4 Å². The van der Waals surface area contributed by atoms with Gasteiger partial charge in [-0.05, 0) is 55.0 Å². The third kappa shape index (κ3) is 4.64. The Labute approximate surface area is 173 Å². The van der Waals surface area contributed by atoms with Crippen molar-refractivity contribution in [2.24, 2.45) is 0 Å². The number of carbonyl (C=O) groups excluding carboxylic acids is 1. The van der Waals surface area contributed by atoms with Crippen LogP contribution in [0.25, 0.3) is 6.08 Å². The molecule has 1 saturated heterocycles.